The summed E-state index contributed by atoms with van der Waals surface area (Å²) < 4.78 is 5.16. The lowest BCUT2D eigenvalue weighted by molar-refractivity contribution is 0.410. The van der Waals surface area contributed by atoms with Crippen LogP contribution in [0.5, 0.6) is 11.5 Å². The van der Waals surface area contributed by atoms with Gasteiger partial charge in [0.1, 0.15) is 16.5 Å². The molecule has 0 bridgehead atoms. The molecule has 0 aliphatic rings. The fraction of sp³-hybridized carbons (Fsp3) is 0.333. The Morgan fingerprint density at radius 3 is 2.70 bits per heavy atom. The Bertz CT molecular complexity index is 661. The molecule has 0 spiro atoms. The smallest absolute Gasteiger partial charge is 0.191 e. The number of aliphatic imine (C=N–C) groups is 1. The number of ether oxygens (including phenoxy) is 1. The van der Waals surface area contributed by atoms with E-state index in [1.165, 1.54) is 4.88 Å². The third kappa shape index (κ3) is 5.87. The number of hydrogen-bond donors (Lipinski definition) is 3. The maximum absolute atomic E-state index is 9.86. The number of guanidine groups is 1. The predicted octanol–water partition coefficient (Wildman–Crippen LogP) is 2.65. The summed E-state index contributed by atoms with van der Waals surface area (Å²) in [6.45, 7) is 3.09. The summed E-state index contributed by atoms with van der Waals surface area (Å²) >= 11 is 1.65. The topological polar surface area (TPSA) is 78.8 Å². The van der Waals surface area contributed by atoms with Gasteiger partial charge in [-0.2, -0.15) is 0 Å². The molecule has 0 saturated heterocycles. The Kier molecular flexibility index (Phi) is 8.10. The van der Waals surface area contributed by atoms with Crippen molar-refractivity contribution in [1.29, 1.82) is 0 Å². The number of methoxy groups -OCH3 is 1. The zero-order chi connectivity index (χ0) is 15.9. The molecular formula is C15H21IN4O2S. The summed E-state index contributed by atoms with van der Waals surface area (Å²) in [5.41, 5.74) is 0.743. The fourth-order valence-electron chi connectivity index (χ4n) is 1.87. The average Bonchev–Trinajstić information content (AvgIpc) is 2.94. The van der Waals surface area contributed by atoms with Gasteiger partial charge >= 0.3 is 0 Å². The molecule has 2 aromatic rings. The zero-order valence-corrected chi connectivity index (χ0v) is 16.4. The normalized spacial score (nSPS) is 10.8. The molecular weight excluding hydrogens is 427 g/mol. The molecule has 0 radical (unpaired) electrons. The molecule has 8 heteroatoms. The van der Waals surface area contributed by atoms with Crippen LogP contribution >= 0.6 is 35.3 Å². The molecule has 1 aromatic carbocycles. The number of nitrogens with zero attached hydrogens (tertiary/aromatic N) is 2. The second-order valence-electron chi connectivity index (χ2n) is 4.64. The van der Waals surface area contributed by atoms with E-state index in [0.29, 0.717) is 24.8 Å². The molecule has 126 valence electrons. The van der Waals surface area contributed by atoms with E-state index < -0.39 is 0 Å². The van der Waals surface area contributed by atoms with Gasteiger partial charge in [0.25, 0.3) is 0 Å². The molecule has 23 heavy (non-hydrogen) atoms. The molecule has 0 atom stereocenters. The Morgan fingerprint density at radius 1 is 1.35 bits per heavy atom. The van der Waals surface area contributed by atoms with Gasteiger partial charge in [0, 0.05) is 30.2 Å². The molecule has 0 aliphatic carbocycles. The van der Waals surface area contributed by atoms with Gasteiger partial charge in [-0.25, -0.2) is 4.98 Å². The monoisotopic (exact) mass is 448 g/mol. The lowest BCUT2D eigenvalue weighted by Crippen LogP contribution is -2.36. The third-order valence-corrected chi connectivity index (χ3v) is 3.95. The number of phenols is 1. The first-order chi connectivity index (χ1) is 10.6. The number of thiazole rings is 1. The average molecular weight is 448 g/mol. The minimum Gasteiger partial charge on any atom is -0.508 e. The van der Waals surface area contributed by atoms with E-state index in [1.54, 1.807) is 43.7 Å². The molecule has 0 saturated carbocycles. The van der Waals surface area contributed by atoms with Gasteiger partial charge in [-0.3, -0.25) is 4.99 Å². The van der Waals surface area contributed by atoms with Crippen LogP contribution < -0.4 is 15.4 Å². The highest BCUT2D eigenvalue weighted by molar-refractivity contribution is 14.0. The maximum Gasteiger partial charge on any atom is 0.191 e. The lowest BCUT2D eigenvalue weighted by Gasteiger charge is -2.12. The van der Waals surface area contributed by atoms with Crippen molar-refractivity contribution >= 4 is 41.3 Å². The van der Waals surface area contributed by atoms with E-state index in [9.17, 15) is 5.11 Å². The number of aromatic hydroxyl groups is 1. The SMILES string of the molecule is CN=C(NCc1ncc(C)s1)NCc1cc(OC)ccc1O.I. The van der Waals surface area contributed by atoms with Gasteiger partial charge in [0.15, 0.2) is 5.96 Å². The van der Waals surface area contributed by atoms with Gasteiger partial charge in [-0.1, -0.05) is 0 Å². The molecule has 0 unspecified atom stereocenters. The Morgan fingerprint density at radius 2 is 2.09 bits per heavy atom. The van der Waals surface area contributed by atoms with Crippen LogP contribution in [0.4, 0.5) is 0 Å². The number of hydrogen-bond acceptors (Lipinski definition) is 5. The van der Waals surface area contributed by atoms with Gasteiger partial charge in [0.05, 0.1) is 13.7 Å². The van der Waals surface area contributed by atoms with Crippen LogP contribution in [0.1, 0.15) is 15.4 Å². The van der Waals surface area contributed by atoms with Crippen molar-refractivity contribution in [2.45, 2.75) is 20.0 Å². The maximum atomic E-state index is 9.86. The summed E-state index contributed by atoms with van der Waals surface area (Å²) in [6.07, 6.45) is 1.85. The first kappa shape index (κ1) is 19.5. The van der Waals surface area contributed by atoms with Gasteiger partial charge in [-0.05, 0) is 25.1 Å². The summed E-state index contributed by atoms with van der Waals surface area (Å²) in [4.78, 5) is 9.63. The highest BCUT2D eigenvalue weighted by Crippen LogP contribution is 2.22. The van der Waals surface area contributed by atoms with Crippen LogP contribution in [0.15, 0.2) is 29.4 Å². The Labute approximate surface area is 157 Å². The lowest BCUT2D eigenvalue weighted by atomic mass is 10.2. The molecule has 0 fully saturated rings. The van der Waals surface area contributed by atoms with Crippen molar-refractivity contribution in [3.63, 3.8) is 0 Å². The highest BCUT2D eigenvalue weighted by atomic mass is 127. The van der Waals surface area contributed by atoms with Gasteiger partial charge in [-0.15, -0.1) is 35.3 Å². The molecule has 3 N–H and O–H groups in total. The molecule has 1 heterocycles. The van der Waals surface area contributed by atoms with Crippen LogP contribution in [-0.4, -0.2) is 30.2 Å². The Hall–Kier alpha value is -1.55. The summed E-state index contributed by atoms with van der Waals surface area (Å²) in [7, 11) is 3.30. The van der Waals surface area contributed by atoms with Crippen molar-refractivity contribution in [2.75, 3.05) is 14.2 Å². The van der Waals surface area contributed by atoms with Crippen LogP contribution in [0, 0.1) is 6.92 Å². The van der Waals surface area contributed by atoms with Crippen LogP contribution in [0.25, 0.3) is 0 Å². The number of rotatable bonds is 5. The Balaban J connectivity index is 0.00000264. The second kappa shape index (κ2) is 9.56. The molecule has 0 aliphatic heterocycles. The zero-order valence-electron chi connectivity index (χ0n) is 13.3. The minimum absolute atomic E-state index is 0. The molecule has 6 nitrogen and oxygen atoms in total. The van der Waals surface area contributed by atoms with E-state index in [2.05, 4.69) is 20.6 Å². The standard InChI is InChI=1S/C15H20N4O2S.HI/c1-10-7-17-14(22-10)9-19-15(16-2)18-8-11-6-12(21-3)4-5-13(11)20;/h4-7,20H,8-9H2,1-3H3,(H2,16,18,19);1H. The van der Waals surface area contributed by atoms with E-state index in [4.69, 9.17) is 4.74 Å². The van der Waals surface area contributed by atoms with Gasteiger partial charge in [0.2, 0.25) is 0 Å². The summed E-state index contributed by atoms with van der Waals surface area (Å²) in [5, 5.41) is 17.2. The van der Waals surface area contributed by atoms with E-state index >= 15 is 0 Å². The fourth-order valence-corrected chi connectivity index (χ4v) is 2.60. The number of halogens is 1. The van der Waals surface area contributed by atoms with Crippen molar-refractivity contribution in [3.8, 4) is 11.5 Å². The third-order valence-electron chi connectivity index (χ3n) is 3.03. The first-order valence-corrected chi connectivity index (χ1v) is 7.65. The molecule has 2 rings (SSSR count). The van der Waals surface area contributed by atoms with Crippen LogP contribution in [-0.2, 0) is 13.1 Å². The van der Waals surface area contributed by atoms with E-state index in [0.717, 1.165) is 10.6 Å². The van der Waals surface area contributed by atoms with Crippen molar-refractivity contribution < 1.29 is 9.84 Å². The van der Waals surface area contributed by atoms with E-state index in [-0.39, 0.29) is 29.7 Å². The van der Waals surface area contributed by atoms with Crippen molar-refractivity contribution in [1.82, 2.24) is 15.6 Å². The number of benzene rings is 1. The largest absolute Gasteiger partial charge is 0.508 e. The molecule has 1 aromatic heterocycles. The van der Waals surface area contributed by atoms with E-state index in [1.807, 2.05) is 13.1 Å². The highest BCUT2D eigenvalue weighted by Gasteiger charge is 2.06. The van der Waals surface area contributed by atoms with Crippen molar-refractivity contribution in [3.05, 3.63) is 39.8 Å². The number of nitrogens with one attached hydrogen (secondary N) is 2. The minimum atomic E-state index is 0. The first-order valence-electron chi connectivity index (χ1n) is 6.84. The predicted molar refractivity (Wildman–Crippen MR) is 104 cm³/mol. The summed E-state index contributed by atoms with van der Waals surface area (Å²) in [6, 6.07) is 5.13. The quantitative estimate of drug-likeness (QED) is 0.373. The molecule has 0 amide bonds. The number of aromatic nitrogens is 1. The summed E-state index contributed by atoms with van der Waals surface area (Å²) in [5.74, 6) is 1.57. The van der Waals surface area contributed by atoms with Crippen LogP contribution in [0.2, 0.25) is 0 Å². The van der Waals surface area contributed by atoms with Gasteiger partial charge < -0.3 is 20.5 Å². The van der Waals surface area contributed by atoms with Crippen molar-refractivity contribution in [2.24, 2.45) is 4.99 Å². The number of phenolic OH excluding ortho intramolecular Hbond substituents is 1. The number of aryl methyl sites for hydroxylation is 1. The van der Waals surface area contributed by atoms with Crippen LogP contribution in [0.3, 0.4) is 0 Å². The second-order valence-corrected chi connectivity index (χ2v) is 5.96.